The van der Waals surface area contributed by atoms with Crippen molar-refractivity contribution >= 4 is 83.6 Å². The largest absolute Gasteiger partial charge is 0.478 e. The number of carbonyl (C=O) groups excluding carboxylic acids is 6. The monoisotopic (exact) mass is 1070 g/mol. The summed E-state index contributed by atoms with van der Waals surface area (Å²) in [6.07, 6.45) is -2.25. The summed E-state index contributed by atoms with van der Waals surface area (Å²) in [4.78, 5) is 172. The van der Waals surface area contributed by atoms with Crippen LogP contribution in [0.1, 0.15) is 151 Å². The smallest absolute Gasteiger partial charge is 0.341 e. The first kappa shape index (κ1) is 58.7. The molecule has 77 heavy (non-hydrogen) atoms. The quantitative estimate of drug-likeness (QED) is 0.0207. The van der Waals surface area contributed by atoms with Gasteiger partial charge < -0.3 is 64.5 Å². The van der Waals surface area contributed by atoms with Gasteiger partial charge >= 0.3 is 83.6 Å². The Labute approximate surface area is 429 Å². The standard InChI is InChI=1S/C50H38O27/c1-21(3-9-27(75-49(71)25-7-13-31(39(55)56)35(17-25)43(63)64)19-73-47(69)23-5-11-29(37(51)52)33(15-23)41(59)60)45(67)77-46(68)22(2)4-10-28(76-50(72)26-8-14-32(40(57)58)36(18-26)44(65)66)20-74-48(70)24-6-12-30(38(53)54)34(16-24)42(61)62/h3-8,11-18,27-28H,9-10,19-20H2,1-2H3,(H,51,52)(H,53,54)(H,55,56)(H,57,58)(H,59,60)(H,61,62)(H,63,64)(H,65,66). The second-order valence-corrected chi connectivity index (χ2v) is 15.7. The first-order valence-corrected chi connectivity index (χ1v) is 21.4. The van der Waals surface area contributed by atoms with Gasteiger partial charge in [0.25, 0.3) is 0 Å². The molecule has 0 radical (unpaired) electrons. The number of ether oxygens (including phenoxy) is 5. The van der Waals surface area contributed by atoms with E-state index in [2.05, 4.69) is 0 Å². The number of rotatable bonds is 24. The number of esters is 6. The zero-order valence-corrected chi connectivity index (χ0v) is 39.4. The topological polar surface area (TPSA) is 447 Å². The van der Waals surface area contributed by atoms with E-state index in [-0.39, 0.29) is 11.1 Å². The molecule has 0 aromatic heterocycles. The van der Waals surface area contributed by atoms with E-state index in [1.165, 1.54) is 0 Å². The van der Waals surface area contributed by atoms with Gasteiger partial charge in [-0.1, -0.05) is 12.2 Å². The van der Waals surface area contributed by atoms with E-state index >= 15 is 0 Å². The van der Waals surface area contributed by atoms with Gasteiger partial charge in [0.05, 0.1) is 66.8 Å². The maximum atomic E-state index is 13.2. The van der Waals surface area contributed by atoms with Gasteiger partial charge in [-0.3, -0.25) is 0 Å². The van der Waals surface area contributed by atoms with E-state index < -0.39 is 189 Å². The predicted molar refractivity (Wildman–Crippen MR) is 248 cm³/mol. The van der Waals surface area contributed by atoms with Crippen LogP contribution >= 0.6 is 0 Å². The van der Waals surface area contributed by atoms with E-state index in [0.29, 0.717) is 24.3 Å². The maximum absolute atomic E-state index is 13.2. The lowest BCUT2D eigenvalue weighted by Gasteiger charge is -2.18. The van der Waals surface area contributed by atoms with Crippen LogP contribution in [0.15, 0.2) is 96.1 Å². The van der Waals surface area contributed by atoms with Crippen LogP contribution in [0.2, 0.25) is 0 Å². The number of aromatic carboxylic acids is 8. The molecule has 400 valence electrons. The van der Waals surface area contributed by atoms with E-state index in [1.54, 1.807) is 0 Å². The lowest BCUT2D eigenvalue weighted by molar-refractivity contribution is -0.154. The molecule has 0 amide bonds. The summed E-state index contributed by atoms with van der Waals surface area (Å²) in [7, 11) is 0. The lowest BCUT2D eigenvalue weighted by Crippen LogP contribution is -2.26. The molecule has 0 aliphatic carbocycles. The fourth-order valence-electron chi connectivity index (χ4n) is 6.41. The van der Waals surface area contributed by atoms with E-state index in [9.17, 15) is 108 Å². The van der Waals surface area contributed by atoms with Crippen molar-refractivity contribution in [3.05, 3.63) is 163 Å². The highest BCUT2D eigenvalue weighted by Crippen LogP contribution is 2.21. The summed E-state index contributed by atoms with van der Waals surface area (Å²) < 4.78 is 26.1. The molecule has 4 rings (SSSR count). The summed E-state index contributed by atoms with van der Waals surface area (Å²) in [5.74, 6) is -21.3. The highest BCUT2D eigenvalue weighted by atomic mass is 16.6. The highest BCUT2D eigenvalue weighted by Gasteiger charge is 2.27. The maximum Gasteiger partial charge on any atom is 0.341 e. The lowest BCUT2D eigenvalue weighted by atomic mass is 10.0. The molecule has 4 aromatic rings. The van der Waals surface area contributed by atoms with Gasteiger partial charge in [0, 0.05) is 24.0 Å². The zero-order chi connectivity index (χ0) is 57.6. The Kier molecular flexibility index (Phi) is 19.6. The Morgan fingerprint density at radius 2 is 0.597 bits per heavy atom. The SMILES string of the molecule is CC(=CCC(COC(=O)c1ccc(C(=O)O)c(C(=O)O)c1)OC(=O)c1ccc(C(=O)O)c(C(=O)O)c1)C(=O)OC(=O)C(C)=CCC(COC(=O)c1ccc(C(=O)O)c(C(=O)O)c1)OC(=O)c1ccc(C(=O)O)c(C(=O)O)c1. The number of hydrogen-bond donors (Lipinski definition) is 8. The van der Waals surface area contributed by atoms with E-state index in [0.717, 1.165) is 74.5 Å². The minimum absolute atomic E-state index is 0.372. The normalized spacial score (nSPS) is 11.9. The van der Waals surface area contributed by atoms with E-state index in [4.69, 9.17) is 23.7 Å². The summed E-state index contributed by atoms with van der Waals surface area (Å²) in [5, 5.41) is 75.3. The molecule has 8 N–H and O–H groups in total. The van der Waals surface area contributed by atoms with Crippen molar-refractivity contribution in [1.82, 2.24) is 0 Å². The summed E-state index contributed by atoms with van der Waals surface area (Å²) in [6, 6.07) is 9.57. The molecule has 0 saturated carbocycles. The third kappa shape index (κ3) is 15.6. The van der Waals surface area contributed by atoms with Crippen LogP contribution in [-0.2, 0) is 33.3 Å². The first-order chi connectivity index (χ1) is 36.1. The Bertz CT molecular complexity index is 3030. The third-order valence-corrected chi connectivity index (χ3v) is 10.4. The van der Waals surface area contributed by atoms with Gasteiger partial charge in [-0.15, -0.1) is 0 Å². The molecule has 0 aliphatic heterocycles. The Morgan fingerprint density at radius 1 is 0.364 bits per heavy atom. The average Bonchev–Trinajstić information content (AvgIpc) is 3.38. The van der Waals surface area contributed by atoms with Crippen molar-refractivity contribution in [1.29, 1.82) is 0 Å². The zero-order valence-electron chi connectivity index (χ0n) is 39.4. The first-order valence-electron chi connectivity index (χ1n) is 21.4. The molecular formula is C50H38O27. The van der Waals surface area contributed by atoms with Gasteiger partial charge in [0.15, 0.2) is 0 Å². The van der Waals surface area contributed by atoms with Gasteiger partial charge in [0.1, 0.15) is 25.4 Å². The summed E-state index contributed by atoms with van der Waals surface area (Å²) in [5.41, 5.74) is -8.68. The minimum Gasteiger partial charge on any atom is -0.478 e. The number of benzene rings is 4. The molecule has 0 fully saturated rings. The minimum atomic E-state index is -1.74. The fourth-order valence-corrected chi connectivity index (χ4v) is 6.41. The molecule has 0 aliphatic rings. The Balaban J connectivity index is 1.57. The number of hydrogen-bond acceptors (Lipinski definition) is 19. The molecular weight excluding hydrogens is 1030 g/mol. The van der Waals surface area contributed by atoms with E-state index in [1.807, 2.05) is 0 Å². The average molecular weight is 1070 g/mol. The highest BCUT2D eigenvalue weighted by molar-refractivity contribution is 6.07. The summed E-state index contributed by atoms with van der Waals surface area (Å²) in [6.45, 7) is 0.444. The van der Waals surface area contributed by atoms with Gasteiger partial charge in [-0.2, -0.15) is 0 Å². The Morgan fingerprint density at radius 3 is 0.831 bits per heavy atom. The number of carboxylic acids is 8. The molecule has 27 nitrogen and oxygen atoms in total. The van der Waals surface area contributed by atoms with Crippen LogP contribution in [0.5, 0.6) is 0 Å². The molecule has 2 atom stereocenters. The molecule has 2 unspecified atom stereocenters. The van der Waals surface area contributed by atoms with Crippen molar-refractivity contribution in [2.45, 2.75) is 38.9 Å². The van der Waals surface area contributed by atoms with Crippen LogP contribution < -0.4 is 0 Å². The molecule has 0 bridgehead atoms. The summed E-state index contributed by atoms with van der Waals surface area (Å²) >= 11 is 0. The number of carboxylic acid groups (broad SMARTS) is 8. The van der Waals surface area contributed by atoms with Gasteiger partial charge in [0.2, 0.25) is 0 Å². The second kappa shape index (κ2) is 25.7. The van der Waals surface area contributed by atoms with Crippen LogP contribution in [0.3, 0.4) is 0 Å². The Hall–Kier alpha value is -10.9. The number of carbonyl (C=O) groups is 14. The molecule has 0 saturated heterocycles. The van der Waals surface area contributed by atoms with Crippen LogP contribution in [0.4, 0.5) is 0 Å². The molecule has 4 aromatic carbocycles. The molecule has 27 heteroatoms. The predicted octanol–water partition coefficient (Wildman–Crippen LogP) is 4.48. The van der Waals surface area contributed by atoms with Crippen molar-refractivity contribution in [3.8, 4) is 0 Å². The van der Waals surface area contributed by atoms with Crippen LogP contribution in [0.25, 0.3) is 0 Å². The second-order valence-electron chi connectivity index (χ2n) is 15.7. The van der Waals surface area contributed by atoms with Crippen molar-refractivity contribution in [2.75, 3.05) is 13.2 Å². The molecule has 0 heterocycles. The van der Waals surface area contributed by atoms with Gasteiger partial charge in [-0.25, -0.2) is 67.1 Å². The van der Waals surface area contributed by atoms with Crippen molar-refractivity contribution in [2.24, 2.45) is 0 Å². The third-order valence-electron chi connectivity index (χ3n) is 10.4. The van der Waals surface area contributed by atoms with Crippen LogP contribution in [-0.4, -0.2) is 150 Å². The van der Waals surface area contributed by atoms with Gasteiger partial charge in [-0.05, 0) is 86.6 Å². The molecule has 0 spiro atoms. The van der Waals surface area contributed by atoms with Crippen molar-refractivity contribution < 1.29 is 132 Å². The fraction of sp³-hybridized carbons (Fsp3) is 0.160. The van der Waals surface area contributed by atoms with Crippen molar-refractivity contribution in [3.63, 3.8) is 0 Å². The van der Waals surface area contributed by atoms with Crippen LogP contribution in [0, 0.1) is 0 Å².